The molecule has 30 heavy (non-hydrogen) atoms. The minimum Gasteiger partial charge on any atom is -0.458 e. The van der Waals surface area contributed by atoms with E-state index in [0.717, 1.165) is 16.2 Å². The maximum Gasteiger partial charge on any atom is 0.331 e. The molecule has 6 heteroatoms. The largest absolute Gasteiger partial charge is 0.458 e. The van der Waals surface area contributed by atoms with Crippen molar-refractivity contribution in [2.45, 2.75) is 45.3 Å². The van der Waals surface area contributed by atoms with Gasteiger partial charge in [-0.05, 0) is 27.2 Å². The Morgan fingerprint density at radius 1 is 0.967 bits per heavy atom. The fourth-order valence-corrected chi connectivity index (χ4v) is 2.79. The molecule has 0 bridgehead atoms. The van der Waals surface area contributed by atoms with Gasteiger partial charge in [0.15, 0.2) is 0 Å². The Bertz CT molecular complexity index is 816. The molecule has 0 fully saturated rings. The number of nitrogens with zero attached hydrogens (tertiary/aromatic N) is 2. The van der Waals surface area contributed by atoms with E-state index in [4.69, 9.17) is 14.6 Å². The quantitative estimate of drug-likeness (QED) is 0.374. The summed E-state index contributed by atoms with van der Waals surface area (Å²) >= 11 is 0. The van der Waals surface area contributed by atoms with Gasteiger partial charge in [0.1, 0.15) is 11.6 Å². The van der Waals surface area contributed by atoms with Crippen LogP contribution < -0.4 is 0 Å². The van der Waals surface area contributed by atoms with Gasteiger partial charge in [0.25, 0.3) is 0 Å². The summed E-state index contributed by atoms with van der Waals surface area (Å²) in [6.07, 6.45) is 0.319. The summed E-state index contributed by atoms with van der Waals surface area (Å²) in [4.78, 5) is 34.9. The van der Waals surface area contributed by atoms with Crippen molar-refractivity contribution in [3.05, 3.63) is 71.8 Å². The number of hydrogen-bond donors (Lipinski definition) is 0. The average Bonchev–Trinajstić information content (AvgIpc) is 2.73. The number of aliphatic imine (C=N–C) groups is 1. The summed E-state index contributed by atoms with van der Waals surface area (Å²) in [6, 6.07) is 18.5. The molecule has 2 aromatic rings. The molecule has 0 aliphatic carbocycles. The van der Waals surface area contributed by atoms with Crippen molar-refractivity contribution in [3.63, 3.8) is 0 Å². The molecule has 6 nitrogen and oxygen atoms in total. The SMILES string of the molecule is CON(C)C(=O)CC[C@@H](N=C(c1ccccc1)c1ccccc1)C(=O)OC(C)(C)C. The van der Waals surface area contributed by atoms with E-state index in [2.05, 4.69) is 0 Å². The summed E-state index contributed by atoms with van der Waals surface area (Å²) in [6.45, 7) is 5.43. The molecule has 0 aliphatic rings. The smallest absolute Gasteiger partial charge is 0.331 e. The number of rotatable bonds is 8. The molecular formula is C24H30N2O4. The maximum atomic E-state index is 12.9. The van der Waals surface area contributed by atoms with Crippen LogP contribution in [0.25, 0.3) is 0 Å². The third kappa shape index (κ3) is 7.12. The zero-order valence-corrected chi connectivity index (χ0v) is 18.3. The van der Waals surface area contributed by atoms with Crippen LogP contribution in [-0.4, -0.2) is 48.5 Å². The van der Waals surface area contributed by atoms with E-state index in [0.29, 0.717) is 5.71 Å². The maximum absolute atomic E-state index is 12.9. The van der Waals surface area contributed by atoms with Crippen molar-refractivity contribution in [2.75, 3.05) is 14.2 Å². The highest BCUT2D eigenvalue weighted by molar-refractivity contribution is 6.13. The Labute approximate surface area is 178 Å². The lowest BCUT2D eigenvalue weighted by atomic mass is 10.0. The number of carbonyl (C=O) groups is 2. The van der Waals surface area contributed by atoms with Gasteiger partial charge in [-0.1, -0.05) is 60.7 Å². The molecule has 160 valence electrons. The van der Waals surface area contributed by atoms with Crippen molar-refractivity contribution in [1.29, 1.82) is 0 Å². The highest BCUT2D eigenvalue weighted by atomic mass is 16.7. The number of hydroxylamine groups is 2. The summed E-state index contributed by atoms with van der Waals surface area (Å²) in [5, 5.41) is 1.14. The second-order valence-corrected chi connectivity index (χ2v) is 7.87. The van der Waals surface area contributed by atoms with E-state index in [1.807, 2.05) is 81.4 Å². The molecular weight excluding hydrogens is 380 g/mol. The van der Waals surface area contributed by atoms with Crippen LogP contribution in [0.4, 0.5) is 0 Å². The van der Waals surface area contributed by atoms with Crippen LogP contribution in [0.5, 0.6) is 0 Å². The van der Waals surface area contributed by atoms with Gasteiger partial charge in [-0.15, -0.1) is 0 Å². The Kier molecular flexibility index (Phi) is 8.30. The minimum absolute atomic E-state index is 0.106. The van der Waals surface area contributed by atoms with Crippen LogP contribution in [0.3, 0.4) is 0 Å². The summed E-state index contributed by atoms with van der Waals surface area (Å²) in [5.41, 5.74) is 1.80. The monoisotopic (exact) mass is 410 g/mol. The Morgan fingerprint density at radius 3 is 1.90 bits per heavy atom. The predicted molar refractivity (Wildman–Crippen MR) is 117 cm³/mol. The molecule has 2 aromatic carbocycles. The summed E-state index contributed by atoms with van der Waals surface area (Å²) < 4.78 is 5.59. The number of benzene rings is 2. The van der Waals surface area contributed by atoms with Gasteiger partial charge < -0.3 is 4.74 Å². The molecule has 0 radical (unpaired) electrons. The van der Waals surface area contributed by atoms with Gasteiger partial charge in [-0.25, -0.2) is 9.86 Å². The average molecular weight is 411 g/mol. The van der Waals surface area contributed by atoms with E-state index >= 15 is 0 Å². The van der Waals surface area contributed by atoms with E-state index in [1.54, 1.807) is 0 Å². The second kappa shape index (κ2) is 10.7. The zero-order valence-electron chi connectivity index (χ0n) is 18.3. The van der Waals surface area contributed by atoms with Crippen LogP contribution in [0, 0.1) is 0 Å². The highest BCUT2D eigenvalue weighted by Gasteiger charge is 2.27. The molecule has 1 amide bonds. The minimum atomic E-state index is -0.825. The van der Waals surface area contributed by atoms with Gasteiger partial charge in [-0.3, -0.25) is 14.6 Å². The zero-order chi connectivity index (χ0) is 22.1. The first-order valence-corrected chi connectivity index (χ1v) is 9.93. The lowest BCUT2D eigenvalue weighted by Crippen LogP contribution is -2.33. The molecule has 0 aromatic heterocycles. The van der Waals surface area contributed by atoms with Gasteiger partial charge in [-0.2, -0.15) is 0 Å². The summed E-state index contributed by atoms with van der Waals surface area (Å²) in [7, 11) is 2.96. The Hall–Kier alpha value is -2.99. The number of esters is 1. The predicted octanol–water partition coefficient (Wildman–Crippen LogP) is 4.03. The van der Waals surface area contributed by atoms with Crippen LogP contribution in [0.2, 0.25) is 0 Å². The molecule has 0 unspecified atom stereocenters. The van der Waals surface area contributed by atoms with Gasteiger partial charge in [0.2, 0.25) is 5.91 Å². The second-order valence-electron chi connectivity index (χ2n) is 7.87. The third-order valence-corrected chi connectivity index (χ3v) is 4.31. The Balaban J connectivity index is 2.43. The fraction of sp³-hybridized carbons (Fsp3) is 0.375. The normalized spacial score (nSPS) is 12.0. The van der Waals surface area contributed by atoms with Crippen LogP contribution in [-0.2, 0) is 19.2 Å². The molecule has 0 saturated carbocycles. The first-order chi connectivity index (χ1) is 14.2. The van der Waals surface area contributed by atoms with E-state index in [9.17, 15) is 9.59 Å². The molecule has 0 N–H and O–H groups in total. The number of hydrogen-bond acceptors (Lipinski definition) is 5. The van der Waals surface area contributed by atoms with E-state index in [-0.39, 0.29) is 18.7 Å². The van der Waals surface area contributed by atoms with Crippen LogP contribution in [0.1, 0.15) is 44.7 Å². The lowest BCUT2D eigenvalue weighted by molar-refractivity contribution is -0.169. The van der Waals surface area contributed by atoms with Crippen molar-refractivity contribution in [2.24, 2.45) is 4.99 Å². The van der Waals surface area contributed by atoms with Crippen molar-refractivity contribution < 1.29 is 19.2 Å². The highest BCUT2D eigenvalue weighted by Crippen LogP contribution is 2.18. The topological polar surface area (TPSA) is 68.2 Å². The van der Waals surface area contributed by atoms with Crippen LogP contribution >= 0.6 is 0 Å². The standard InChI is InChI=1S/C24H30N2O4/c1-24(2,3)30-23(28)20(16-17-21(27)26(4)29-5)25-22(18-12-8-6-9-13-18)19-14-10-7-11-15-19/h6-15,20H,16-17H2,1-5H3/t20-/m1/s1. The first-order valence-electron chi connectivity index (χ1n) is 9.93. The molecule has 0 saturated heterocycles. The number of carbonyl (C=O) groups excluding carboxylic acids is 2. The molecule has 2 rings (SSSR count). The molecule has 0 spiro atoms. The third-order valence-electron chi connectivity index (χ3n) is 4.31. The number of ether oxygens (including phenoxy) is 1. The van der Waals surface area contributed by atoms with Gasteiger partial charge in [0, 0.05) is 24.6 Å². The van der Waals surface area contributed by atoms with E-state index < -0.39 is 17.6 Å². The van der Waals surface area contributed by atoms with E-state index in [1.165, 1.54) is 14.2 Å². The number of amides is 1. The van der Waals surface area contributed by atoms with Crippen molar-refractivity contribution in [3.8, 4) is 0 Å². The first kappa shape index (κ1) is 23.3. The van der Waals surface area contributed by atoms with Crippen LogP contribution in [0.15, 0.2) is 65.7 Å². The van der Waals surface area contributed by atoms with Crippen molar-refractivity contribution >= 4 is 17.6 Å². The Morgan fingerprint density at radius 2 is 1.47 bits per heavy atom. The van der Waals surface area contributed by atoms with Gasteiger partial charge >= 0.3 is 5.97 Å². The van der Waals surface area contributed by atoms with Gasteiger partial charge in [0.05, 0.1) is 12.8 Å². The molecule has 0 aliphatic heterocycles. The lowest BCUT2D eigenvalue weighted by Gasteiger charge is -2.23. The fourth-order valence-electron chi connectivity index (χ4n) is 2.79. The molecule has 0 heterocycles. The summed E-state index contributed by atoms with van der Waals surface area (Å²) in [5.74, 6) is -0.693. The van der Waals surface area contributed by atoms with Crippen molar-refractivity contribution in [1.82, 2.24) is 5.06 Å². The molecule has 1 atom stereocenters.